The second-order valence-electron chi connectivity index (χ2n) is 4.20. The topological polar surface area (TPSA) is 79.8 Å². The lowest BCUT2D eigenvalue weighted by molar-refractivity contribution is 0.102. The number of aryl methyl sites for hydroxylation is 2. The third-order valence-corrected chi connectivity index (χ3v) is 3.05. The summed E-state index contributed by atoms with van der Waals surface area (Å²) in [5.41, 5.74) is 2.53. The Bertz CT molecular complexity index is 659. The molecule has 1 aromatic carbocycles. The molecule has 2 N–H and O–H groups in total. The summed E-state index contributed by atoms with van der Waals surface area (Å²) < 4.78 is 0. The molecule has 2 rings (SSSR count). The number of nitrogens with one attached hydrogen (secondary N) is 2. The third kappa shape index (κ3) is 3.03. The zero-order valence-electron chi connectivity index (χ0n) is 11.4. The van der Waals surface area contributed by atoms with Gasteiger partial charge in [0, 0.05) is 17.8 Å². The number of nitrogens with zero attached hydrogens (tertiary/aromatic N) is 3. The molecule has 0 saturated carbocycles. The lowest BCUT2D eigenvalue weighted by Gasteiger charge is -2.09. The minimum absolute atomic E-state index is 0.167. The highest BCUT2D eigenvalue weighted by Crippen LogP contribution is 2.21. The molecule has 0 saturated heterocycles. The SMILES string of the molecule is CNc1ccc(Cl)cc1C(=O)Nc1nnc(C)c(C)n1. The molecule has 2 aromatic rings. The first kappa shape index (κ1) is 14.2. The highest BCUT2D eigenvalue weighted by Gasteiger charge is 2.13. The van der Waals surface area contributed by atoms with Crippen molar-refractivity contribution in [2.45, 2.75) is 13.8 Å². The fourth-order valence-electron chi connectivity index (χ4n) is 1.60. The Balaban J connectivity index is 2.27. The quantitative estimate of drug-likeness (QED) is 0.908. The number of hydrogen-bond donors (Lipinski definition) is 2. The predicted octanol–water partition coefficient (Wildman–Crippen LogP) is 2.44. The maximum atomic E-state index is 12.2. The molecule has 0 aliphatic rings. The van der Waals surface area contributed by atoms with Crippen LogP contribution in [-0.2, 0) is 0 Å². The number of hydrogen-bond acceptors (Lipinski definition) is 5. The van der Waals surface area contributed by atoms with Gasteiger partial charge in [-0.15, -0.1) is 5.10 Å². The van der Waals surface area contributed by atoms with Crippen LogP contribution in [0.15, 0.2) is 18.2 Å². The van der Waals surface area contributed by atoms with Crippen molar-refractivity contribution in [1.82, 2.24) is 15.2 Å². The molecular weight excluding hydrogens is 278 g/mol. The summed E-state index contributed by atoms with van der Waals surface area (Å²) in [5.74, 6) is -0.179. The molecule has 1 aromatic heterocycles. The van der Waals surface area contributed by atoms with E-state index < -0.39 is 0 Å². The van der Waals surface area contributed by atoms with E-state index in [1.54, 1.807) is 39.1 Å². The number of anilines is 2. The van der Waals surface area contributed by atoms with Crippen LogP contribution in [0.25, 0.3) is 0 Å². The number of carbonyl (C=O) groups is 1. The number of rotatable bonds is 3. The van der Waals surface area contributed by atoms with Gasteiger partial charge >= 0.3 is 0 Å². The van der Waals surface area contributed by atoms with Gasteiger partial charge in [0.1, 0.15) is 0 Å². The van der Waals surface area contributed by atoms with E-state index >= 15 is 0 Å². The van der Waals surface area contributed by atoms with E-state index in [-0.39, 0.29) is 11.9 Å². The maximum Gasteiger partial charge on any atom is 0.260 e. The highest BCUT2D eigenvalue weighted by atomic mass is 35.5. The van der Waals surface area contributed by atoms with E-state index in [2.05, 4.69) is 25.8 Å². The van der Waals surface area contributed by atoms with E-state index in [1.807, 2.05) is 0 Å². The van der Waals surface area contributed by atoms with Gasteiger partial charge in [-0.3, -0.25) is 10.1 Å². The maximum absolute atomic E-state index is 12.2. The number of carbonyl (C=O) groups excluding carboxylic acids is 1. The van der Waals surface area contributed by atoms with Crippen molar-refractivity contribution in [2.75, 3.05) is 17.7 Å². The van der Waals surface area contributed by atoms with Crippen molar-refractivity contribution in [1.29, 1.82) is 0 Å². The zero-order valence-corrected chi connectivity index (χ0v) is 12.1. The Hall–Kier alpha value is -2.21. The van der Waals surface area contributed by atoms with Gasteiger partial charge in [-0.05, 0) is 32.0 Å². The largest absolute Gasteiger partial charge is 0.387 e. The normalized spacial score (nSPS) is 10.2. The van der Waals surface area contributed by atoms with Gasteiger partial charge in [-0.1, -0.05) is 11.6 Å². The first-order valence-corrected chi connectivity index (χ1v) is 6.35. The van der Waals surface area contributed by atoms with E-state index in [0.29, 0.717) is 16.3 Å². The molecule has 20 heavy (non-hydrogen) atoms. The van der Waals surface area contributed by atoms with Gasteiger partial charge in [0.05, 0.1) is 17.0 Å². The molecule has 0 bridgehead atoms. The summed E-state index contributed by atoms with van der Waals surface area (Å²) in [4.78, 5) is 16.4. The van der Waals surface area contributed by atoms with Crippen LogP contribution in [0.1, 0.15) is 21.7 Å². The Labute approximate surface area is 121 Å². The van der Waals surface area contributed by atoms with E-state index in [4.69, 9.17) is 11.6 Å². The van der Waals surface area contributed by atoms with Crippen LogP contribution in [0, 0.1) is 13.8 Å². The van der Waals surface area contributed by atoms with Gasteiger partial charge in [0.15, 0.2) is 0 Å². The summed E-state index contributed by atoms with van der Waals surface area (Å²) in [6.07, 6.45) is 0. The van der Waals surface area contributed by atoms with Gasteiger partial charge in [-0.25, -0.2) is 4.98 Å². The van der Waals surface area contributed by atoms with Gasteiger partial charge in [0.25, 0.3) is 5.91 Å². The van der Waals surface area contributed by atoms with Gasteiger partial charge in [0.2, 0.25) is 5.95 Å². The van der Waals surface area contributed by atoms with Gasteiger partial charge < -0.3 is 5.32 Å². The fraction of sp³-hybridized carbons (Fsp3) is 0.231. The van der Waals surface area contributed by atoms with Crippen molar-refractivity contribution in [3.63, 3.8) is 0 Å². The van der Waals surface area contributed by atoms with E-state index in [9.17, 15) is 4.79 Å². The van der Waals surface area contributed by atoms with Crippen molar-refractivity contribution in [3.05, 3.63) is 40.2 Å². The fourth-order valence-corrected chi connectivity index (χ4v) is 1.77. The first-order chi connectivity index (χ1) is 9.51. The number of amides is 1. The van der Waals surface area contributed by atoms with Crippen LogP contribution in [0.4, 0.5) is 11.6 Å². The van der Waals surface area contributed by atoms with E-state index in [0.717, 1.165) is 11.4 Å². The minimum Gasteiger partial charge on any atom is -0.387 e. The van der Waals surface area contributed by atoms with Crippen molar-refractivity contribution in [2.24, 2.45) is 0 Å². The molecule has 0 spiro atoms. The standard InChI is InChI=1S/C13H14ClN5O/c1-7-8(2)18-19-13(16-7)17-12(20)10-6-9(14)4-5-11(10)15-3/h4-6,15H,1-3H3,(H,16,17,19,20). The van der Waals surface area contributed by atoms with Crippen LogP contribution in [0.3, 0.4) is 0 Å². The minimum atomic E-state index is -0.345. The average molecular weight is 292 g/mol. The molecule has 0 radical (unpaired) electrons. The molecule has 1 heterocycles. The first-order valence-electron chi connectivity index (χ1n) is 5.98. The summed E-state index contributed by atoms with van der Waals surface area (Å²) in [6.45, 7) is 3.61. The molecule has 6 nitrogen and oxygen atoms in total. The second kappa shape index (κ2) is 5.83. The van der Waals surface area contributed by atoms with Crippen LogP contribution in [0.5, 0.6) is 0 Å². The van der Waals surface area contributed by atoms with Crippen LogP contribution < -0.4 is 10.6 Å². The zero-order chi connectivity index (χ0) is 14.7. The van der Waals surface area contributed by atoms with Gasteiger partial charge in [-0.2, -0.15) is 5.10 Å². The molecule has 0 atom stereocenters. The molecular formula is C13H14ClN5O. The lowest BCUT2D eigenvalue weighted by atomic mass is 10.1. The number of halogens is 1. The summed E-state index contributed by atoms with van der Waals surface area (Å²) in [7, 11) is 1.73. The van der Waals surface area contributed by atoms with Crippen LogP contribution in [0.2, 0.25) is 5.02 Å². The van der Waals surface area contributed by atoms with Crippen molar-refractivity contribution < 1.29 is 4.79 Å². The third-order valence-electron chi connectivity index (χ3n) is 2.81. The Morgan fingerprint density at radius 1 is 1.20 bits per heavy atom. The second-order valence-corrected chi connectivity index (χ2v) is 4.64. The smallest absolute Gasteiger partial charge is 0.260 e. The Kier molecular flexibility index (Phi) is 4.14. The molecule has 0 fully saturated rings. The average Bonchev–Trinajstić information content (AvgIpc) is 2.43. The lowest BCUT2D eigenvalue weighted by Crippen LogP contribution is -2.17. The molecule has 1 amide bonds. The monoisotopic (exact) mass is 291 g/mol. The Morgan fingerprint density at radius 2 is 1.95 bits per heavy atom. The molecule has 0 unspecified atom stereocenters. The van der Waals surface area contributed by atoms with Crippen LogP contribution in [-0.4, -0.2) is 28.1 Å². The summed E-state index contributed by atoms with van der Waals surface area (Å²) in [6, 6.07) is 5.02. The molecule has 0 aliphatic carbocycles. The molecule has 0 aliphatic heterocycles. The summed E-state index contributed by atoms with van der Waals surface area (Å²) >= 11 is 5.92. The highest BCUT2D eigenvalue weighted by molar-refractivity contribution is 6.31. The van der Waals surface area contributed by atoms with Crippen molar-refractivity contribution >= 4 is 29.1 Å². The summed E-state index contributed by atoms with van der Waals surface area (Å²) in [5, 5.41) is 13.8. The van der Waals surface area contributed by atoms with E-state index in [1.165, 1.54) is 0 Å². The predicted molar refractivity (Wildman–Crippen MR) is 78.3 cm³/mol. The molecule has 7 heteroatoms. The van der Waals surface area contributed by atoms with Crippen molar-refractivity contribution in [3.8, 4) is 0 Å². The number of aromatic nitrogens is 3. The Morgan fingerprint density at radius 3 is 2.60 bits per heavy atom. The molecule has 104 valence electrons. The number of benzene rings is 1. The van der Waals surface area contributed by atoms with Crippen LogP contribution >= 0.6 is 11.6 Å².